The van der Waals surface area contributed by atoms with E-state index in [0.717, 1.165) is 0 Å². The summed E-state index contributed by atoms with van der Waals surface area (Å²) in [6, 6.07) is 7.71. The number of carboxylic acids is 1. The van der Waals surface area contributed by atoms with Crippen LogP contribution in [0.15, 0.2) is 41.1 Å². The average molecular weight is 247 g/mol. The van der Waals surface area contributed by atoms with Gasteiger partial charge >= 0.3 is 5.97 Å². The Kier molecular flexibility index (Phi) is 3.20. The van der Waals surface area contributed by atoms with E-state index in [1.807, 2.05) is 5.38 Å². The van der Waals surface area contributed by atoms with Crippen LogP contribution in [0, 0.1) is 0 Å². The Bertz CT molecular complexity index is 549. The van der Waals surface area contributed by atoms with Crippen molar-refractivity contribution in [3.05, 3.63) is 52.2 Å². The third kappa shape index (κ3) is 2.70. The number of nitrogens with one attached hydrogen (secondary N) is 1. The summed E-state index contributed by atoms with van der Waals surface area (Å²) in [5, 5.41) is 15.2. The normalized spacial score (nSPS) is 9.88. The Morgan fingerprint density at radius 2 is 1.94 bits per heavy atom. The fraction of sp³-hybridized carbons (Fsp3) is 0. The van der Waals surface area contributed by atoms with Crippen molar-refractivity contribution in [2.45, 2.75) is 0 Å². The minimum atomic E-state index is -1.05. The molecule has 2 aromatic rings. The quantitative estimate of drug-likeness (QED) is 0.876. The lowest BCUT2D eigenvalue weighted by Gasteiger charge is -2.03. The van der Waals surface area contributed by atoms with Gasteiger partial charge < -0.3 is 10.4 Å². The number of carboxylic acid groups (broad SMARTS) is 1. The Hall–Kier alpha value is -2.14. The fourth-order valence-electron chi connectivity index (χ4n) is 1.33. The van der Waals surface area contributed by atoms with E-state index in [4.69, 9.17) is 5.11 Å². The highest BCUT2D eigenvalue weighted by atomic mass is 32.1. The second-order valence-electron chi connectivity index (χ2n) is 3.35. The molecule has 0 unspecified atom stereocenters. The van der Waals surface area contributed by atoms with Gasteiger partial charge in [-0.15, -0.1) is 0 Å². The van der Waals surface area contributed by atoms with E-state index in [2.05, 4.69) is 5.32 Å². The number of carbonyl (C=O) groups is 2. The number of carbonyl (C=O) groups excluding carboxylic acids is 1. The molecule has 0 aliphatic carbocycles. The lowest BCUT2D eigenvalue weighted by atomic mass is 10.1. The summed E-state index contributed by atoms with van der Waals surface area (Å²) in [4.78, 5) is 22.6. The molecule has 1 heterocycles. The largest absolute Gasteiger partial charge is 0.478 e. The minimum Gasteiger partial charge on any atom is -0.478 e. The molecule has 2 N–H and O–H groups in total. The van der Waals surface area contributed by atoms with E-state index in [0.29, 0.717) is 11.3 Å². The number of aromatic carboxylic acids is 1. The van der Waals surface area contributed by atoms with Crippen molar-refractivity contribution in [2.24, 2.45) is 0 Å². The van der Waals surface area contributed by atoms with Gasteiger partial charge in [0.15, 0.2) is 0 Å². The maximum Gasteiger partial charge on any atom is 0.335 e. The van der Waals surface area contributed by atoms with Crippen LogP contribution >= 0.6 is 11.3 Å². The number of benzene rings is 1. The molecule has 0 spiro atoms. The molecule has 4 nitrogen and oxygen atoms in total. The highest BCUT2D eigenvalue weighted by Crippen LogP contribution is 2.14. The van der Waals surface area contributed by atoms with E-state index < -0.39 is 5.97 Å². The van der Waals surface area contributed by atoms with Crippen LogP contribution in [0.1, 0.15) is 20.7 Å². The summed E-state index contributed by atoms with van der Waals surface area (Å²) in [5.41, 5.74) is 1.14. The topological polar surface area (TPSA) is 66.4 Å². The SMILES string of the molecule is O=C(O)c1cccc(C(=O)Nc2ccsc2)c1. The van der Waals surface area contributed by atoms with E-state index >= 15 is 0 Å². The molecule has 1 aromatic carbocycles. The lowest BCUT2D eigenvalue weighted by molar-refractivity contribution is 0.0697. The van der Waals surface area contributed by atoms with Crippen molar-refractivity contribution >= 4 is 28.9 Å². The van der Waals surface area contributed by atoms with E-state index in [1.165, 1.54) is 23.5 Å². The third-order valence-corrected chi connectivity index (χ3v) is 2.83. The molecule has 0 saturated carbocycles. The second-order valence-corrected chi connectivity index (χ2v) is 4.13. The monoisotopic (exact) mass is 247 g/mol. The van der Waals surface area contributed by atoms with Crippen molar-refractivity contribution in [3.8, 4) is 0 Å². The maximum absolute atomic E-state index is 11.8. The van der Waals surface area contributed by atoms with Gasteiger partial charge in [0, 0.05) is 10.9 Å². The molecule has 1 aromatic heterocycles. The third-order valence-electron chi connectivity index (χ3n) is 2.15. The van der Waals surface area contributed by atoms with Gasteiger partial charge in [-0.25, -0.2) is 4.79 Å². The smallest absolute Gasteiger partial charge is 0.335 e. The van der Waals surface area contributed by atoms with Gasteiger partial charge in [-0.05, 0) is 29.6 Å². The van der Waals surface area contributed by atoms with Gasteiger partial charge in [-0.1, -0.05) is 6.07 Å². The molecule has 0 fully saturated rings. The molecule has 86 valence electrons. The summed E-state index contributed by atoms with van der Waals surface area (Å²) in [7, 11) is 0. The van der Waals surface area contributed by atoms with Crippen LogP contribution in [-0.2, 0) is 0 Å². The Morgan fingerprint density at radius 1 is 1.18 bits per heavy atom. The van der Waals surface area contributed by atoms with Gasteiger partial charge in [0.05, 0.1) is 11.3 Å². The molecular weight excluding hydrogens is 238 g/mol. The first-order chi connectivity index (χ1) is 8.16. The number of rotatable bonds is 3. The molecule has 0 radical (unpaired) electrons. The van der Waals surface area contributed by atoms with Gasteiger partial charge in [-0.3, -0.25) is 4.79 Å². The molecule has 17 heavy (non-hydrogen) atoms. The van der Waals surface area contributed by atoms with Gasteiger partial charge in [0.2, 0.25) is 0 Å². The Labute approximate surface area is 102 Å². The Morgan fingerprint density at radius 3 is 2.59 bits per heavy atom. The summed E-state index contributed by atoms with van der Waals surface area (Å²) < 4.78 is 0. The van der Waals surface area contributed by atoms with Crippen LogP contribution in [0.2, 0.25) is 0 Å². The Balaban J connectivity index is 2.19. The van der Waals surface area contributed by atoms with Crippen molar-refractivity contribution in [3.63, 3.8) is 0 Å². The zero-order chi connectivity index (χ0) is 12.3. The van der Waals surface area contributed by atoms with Crippen LogP contribution in [0.3, 0.4) is 0 Å². The number of thiophene rings is 1. The maximum atomic E-state index is 11.8. The molecular formula is C12H9NO3S. The number of hydrogen-bond donors (Lipinski definition) is 2. The molecule has 2 rings (SSSR count). The van der Waals surface area contributed by atoms with Crippen molar-refractivity contribution < 1.29 is 14.7 Å². The van der Waals surface area contributed by atoms with Gasteiger partial charge in [0.25, 0.3) is 5.91 Å². The standard InChI is InChI=1S/C12H9NO3S/c14-11(13-10-4-5-17-7-10)8-2-1-3-9(6-8)12(15)16/h1-7H,(H,13,14)(H,15,16). The number of hydrogen-bond acceptors (Lipinski definition) is 3. The zero-order valence-corrected chi connectivity index (χ0v) is 9.53. The molecule has 0 bridgehead atoms. The zero-order valence-electron chi connectivity index (χ0n) is 8.71. The van der Waals surface area contributed by atoms with Crippen molar-refractivity contribution in [1.29, 1.82) is 0 Å². The number of amides is 1. The minimum absolute atomic E-state index is 0.1000. The van der Waals surface area contributed by atoms with Crippen LogP contribution in [0.25, 0.3) is 0 Å². The van der Waals surface area contributed by atoms with E-state index in [1.54, 1.807) is 23.6 Å². The first kappa shape index (κ1) is 11.3. The molecule has 5 heteroatoms. The van der Waals surface area contributed by atoms with Crippen LogP contribution < -0.4 is 5.32 Å². The fourth-order valence-corrected chi connectivity index (χ4v) is 1.92. The molecule has 1 amide bonds. The summed E-state index contributed by atoms with van der Waals surface area (Å²) in [6.45, 7) is 0. The van der Waals surface area contributed by atoms with E-state index in [9.17, 15) is 9.59 Å². The lowest BCUT2D eigenvalue weighted by Crippen LogP contribution is -2.12. The highest BCUT2D eigenvalue weighted by Gasteiger charge is 2.09. The van der Waals surface area contributed by atoms with Crippen LogP contribution in [0.4, 0.5) is 5.69 Å². The predicted octanol–water partition coefficient (Wildman–Crippen LogP) is 2.70. The molecule has 0 aliphatic heterocycles. The van der Waals surface area contributed by atoms with Crippen molar-refractivity contribution in [2.75, 3.05) is 5.32 Å². The first-order valence-electron chi connectivity index (χ1n) is 4.84. The van der Waals surface area contributed by atoms with Crippen molar-refractivity contribution in [1.82, 2.24) is 0 Å². The average Bonchev–Trinajstić information content (AvgIpc) is 2.82. The second kappa shape index (κ2) is 4.80. The van der Waals surface area contributed by atoms with Gasteiger partial charge in [0.1, 0.15) is 0 Å². The number of anilines is 1. The van der Waals surface area contributed by atoms with Crippen LogP contribution in [0.5, 0.6) is 0 Å². The van der Waals surface area contributed by atoms with E-state index in [-0.39, 0.29) is 11.5 Å². The first-order valence-corrected chi connectivity index (χ1v) is 5.78. The molecule has 0 saturated heterocycles. The van der Waals surface area contributed by atoms with Gasteiger partial charge in [-0.2, -0.15) is 11.3 Å². The predicted molar refractivity (Wildman–Crippen MR) is 65.7 cm³/mol. The highest BCUT2D eigenvalue weighted by molar-refractivity contribution is 7.08. The van der Waals surface area contributed by atoms with Crippen LogP contribution in [-0.4, -0.2) is 17.0 Å². The molecule has 0 atom stereocenters. The summed E-state index contributed by atoms with van der Waals surface area (Å²) >= 11 is 1.48. The summed E-state index contributed by atoms with van der Waals surface area (Å²) in [5.74, 6) is -1.36. The molecule has 0 aliphatic rings. The summed E-state index contributed by atoms with van der Waals surface area (Å²) in [6.07, 6.45) is 0.